The molecule has 1 nitrogen and oxygen atoms in total. The van der Waals surface area contributed by atoms with Crippen molar-refractivity contribution < 1.29 is 0 Å². The van der Waals surface area contributed by atoms with Crippen molar-refractivity contribution in [3.63, 3.8) is 0 Å². The molecule has 0 atom stereocenters. The summed E-state index contributed by atoms with van der Waals surface area (Å²) in [5, 5.41) is 9.12. The van der Waals surface area contributed by atoms with Crippen LogP contribution in [0.1, 0.15) is 5.56 Å². The van der Waals surface area contributed by atoms with E-state index in [1.807, 2.05) is 30.3 Å². The van der Waals surface area contributed by atoms with Gasteiger partial charge in [0.15, 0.2) is 0 Å². The summed E-state index contributed by atoms with van der Waals surface area (Å²) in [6.45, 7) is 0. The first-order valence-corrected chi connectivity index (χ1v) is 9.25. The van der Waals surface area contributed by atoms with E-state index in [0.717, 1.165) is 11.1 Å². The molecule has 72 valence electrons. The molecule has 1 aromatic carbocycles. The van der Waals surface area contributed by atoms with Gasteiger partial charge in [-0.2, -0.15) is 0 Å². The van der Waals surface area contributed by atoms with Gasteiger partial charge in [0.2, 0.25) is 0 Å². The molecular weight excluding hydrogens is 304 g/mol. The number of nitriles is 1. The van der Waals surface area contributed by atoms with Crippen LogP contribution in [0.25, 0.3) is 5.57 Å². The van der Waals surface area contributed by atoms with Crippen molar-refractivity contribution in [2.75, 3.05) is 0 Å². The number of nitrogens with zero attached hydrogens (tertiary/aromatic N) is 1. The molecule has 0 heterocycles. The SMILES string of the molecule is C[Se]C([Se]C)=C(C#N)c1ccccc1. The van der Waals surface area contributed by atoms with Gasteiger partial charge < -0.3 is 0 Å². The van der Waals surface area contributed by atoms with E-state index in [9.17, 15) is 0 Å². The third kappa shape index (κ3) is 2.74. The molecule has 14 heavy (non-hydrogen) atoms. The van der Waals surface area contributed by atoms with E-state index in [1.54, 1.807) is 0 Å². The third-order valence-corrected chi connectivity index (χ3v) is 7.80. The number of rotatable bonds is 3. The Bertz CT molecular complexity index is 357. The maximum absolute atomic E-state index is 9.12. The topological polar surface area (TPSA) is 23.8 Å². The summed E-state index contributed by atoms with van der Waals surface area (Å²) >= 11 is 0.908. The van der Waals surface area contributed by atoms with Crippen LogP contribution in [0.15, 0.2) is 33.7 Å². The second kappa shape index (κ2) is 6.06. The van der Waals surface area contributed by atoms with Crippen LogP contribution in [0.5, 0.6) is 0 Å². The Morgan fingerprint density at radius 3 is 2.14 bits per heavy atom. The van der Waals surface area contributed by atoms with Gasteiger partial charge in [-0.15, -0.1) is 0 Å². The minimum atomic E-state index is 0.454. The van der Waals surface area contributed by atoms with Gasteiger partial charge in [0.05, 0.1) is 0 Å². The van der Waals surface area contributed by atoms with Crippen LogP contribution in [-0.4, -0.2) is 29.9 Å². The van der Waals surface area contributed by atoms with Gasteiger partial charge >= 0.3 is 97.7 Å². The van der Waals surface area contributed by atoms with Crippen LogP contribution < -0.4 is 0 Å². The van der Waals surface area contributed by atoms with Gasteiger partial charge in [-0.25, -0.2) is 0 Å². The van der Waals surface area contributed by atoms with Gasteiger partial charge in [-0.3, -0.25) is 0 Å². The average molecular weight is 315 g/mol. The fourth-order valence-corrected chi connectivity index (χ4v) is 4.83. The second-order valence-corrected chi connectivity index (χ2v) is 7.28. The molecule has 0 aliphatic carbocycles. The molecule has 0 fully saturated rings. The summed E-state index contributed by atoms with van der Waals surface area (Å²) < 4.78 is 1.36. The molecule has 0 bridgehead atoms. The van der Waals surface area contributed by atoms with Crippen LogP contribution in [0.2, 0.25) is 11.6 Å². The minimum absolute atomic E-state index is 0.454. The molecule has 1 rings (SSSR count). The zero-order valence-electron chi connectivity index (χ0n) is 8.15. The predicted octanol–water partition coefficient (Wildman–Crippen LogP) is 2.38. The van der Waals surface area contributed by atoms with Gasteiger partial charge in [0, 0.05) is 0 Å². The van der Waals surface area contributed by atoms with E-state index in [-0.39, 0.29) is 0 Å². The molecule has 0 saturated heterocycles. The molecule has 0 aliphatic heterocycles. The summed E-state index contributed by atoms with van der Waals surface area (Å²) in [4.78, 5) is 0. The standard InChI is InChI=1S/C11H11NSe2/c1-13-11(14-2)10(8-12)9-6-4-3-5-7-9/h3-7H,1-2H3. The van der Waals surface area contributed by atoms with Crippen LogP contribution in [0, 0.1) is 11.3 Å². The summed E-state index contributed by atoms with van der Waals surface area (Å²) in [6.07, 6.45) is 0. The quantitative estimate of drug-likeness (QED) is 0.621. The summed E-state index contributed by atoms with van der Waals surface area (Å²) in [5.74, 6) is 4.35. The molecule has 0 aromatic heterocycles. The van der Waals surface area contributed by atoms with Crippen molar-refractivity contribution >= 4 is 35.5 Å². The van der Waals surface area contributed by atoms with Gasteiger partial charge in [-0.05, 0) is 0 Å². The molecular formula is C11H11NSe2. The summed E-state index contributed by atoms with van der Waals surface area (Å²) in [7, 11) is 0. The van der Waals surface area contributed by atoms with Crippen molar-refractivity contribution in [3.8, 4) is 6.07 Å². The summed E-state index contributed by atoms with van der Waals surface area (Å²) in [6, 6.07) is 12.3. The first-order chi connectivity index (χ1) is 6.83. The van der Waals surface area contributed by atoms with Crippen LogP contribution in [-0.2, 0) is 0 Å². The number of benzene rings is 1. The molecule has 0 aliphatic rings. The zero-order valence-corrected chi connectivity index (χ0v) is 11.6. The molecule has 0 saturated carbocycles. The van der Waals surface area contributed by atoms with Crippen molar-refractivity contribution in [1.82, 2.24) is 0 Å². The molecule has 1 aromatic rings. The first-order valence-electron chi connectivity index (χ1n) is 4.11. The van der Waals surface area contributed by atoms with E-state index in [0.29, 0.717) is 29.9 Å². The van der Waals surface area contributed by atoms with Crippen molar-refractivity contribution in [2.45, 2.75) is 11.6 Å². The number of hydrogen-bond donors (Lipinski definition) is 0. The van der Waals surface area contributed by atoms with Gasteiger partial charge in [-0.1, -0.05) is 0 Å². The second-order valence-electron chi connectivity index (χ2n) is 2.55. The fourth-order valence-electron chi connectivity index (χ4n) is 1.12. The third-order valence-electron chi connectivity index (χ3n) is 1.75. The molecule has 3 heteroatoms. The Morgan fingerprint density at radius 1 is 1.14 bits per heavy atom. The van der Waals surface area contributed by atoms with Crippen molar-refractivity contribution in [3.05, 3.63) is 39.3 Å². The van der Waals surface area contributed by atoms with Gasteiger partial charge in [0.25, 0.3) is 0 Å². The Balaban J connectivity index is 3.17. The number of allylic oxidation sites excluding steroid dienone is 1. The Morgan fingerprint density at radius 2 is 1.71 bits per heavy atom. The molecule has 0 unspecified atom stereocenters. The maximum atomic E-state index is 9.12. The predicted molar refractivity (Wildman–Crippen MR) is 62.2 cm³/mol. The zero-order chi connectivity index (χ0) is 10.4. The monoisotopic (exact) mass is 317 g/mol. The van der Waals surface area contributed by atoms with E-state index in [2.05, 4.69) is 17.7 Å². The van der Waals surface area contributed by atoms with Crippen LogP contribution in [0.3, 0.4) is 0 Å². The molecule has 0 spiro atoms. The molecule has 0 N–H and O–H groups in total. The van der Waals surface area contributed by atoms with Gasteiger partial charge in [0.1, 0.15) is 0 Å². The normalized spacial score (nSPS) is 9.21. The van der Waals surface area contributed by atoms with Crippen molar-refractivity contribution in [1.29, 1.82) is 5.26 Å². The Labute approximate surface area is 97.5 Å². The van der Waals surface area contributed by atoms with Crippen molar-refractivity contribution in [2.24, 2.45) is 0 Å². The fraction of sp³-hybridized carbons (Fsp3) is 0.182. The van der Waals surface area contributed by atoms with E-state index < -0.39 is 0 Å². The Hall–Kier alpha value is -0.511. The molecule has 0 radical (unpaired) electrons. The van der Waals surface area contributed by atoms with E-state index in [1.165, 1.54) is 3.37 Å². The number of hydrogen-bond acceptors (Lipinski definition) is 1. The van der Waals surface area contributed by atoms with E-state index in [4.69, 9.17) is 5.26 Å². The Kier molecular flexibility index (Phi) is 5.01. The van der Waals surface area contributed by atoms with Crippen LogP contribution in [0.4, 0.5) is 0 Å². The van der Waals surface area contributed by atoms with Crippen LogP contribution >= 0.6 is 0 Å². The first kappa shape index (κ1) is 11.6. The molecule has 0 amide bonds. The summed E-state index contributed by atoms with van der Waals surface area (Å²) in [5.41, 5.74) is 1.97. The average Bonchev–Trinajstić information content (AvgIpc) is 2.27. The van der Waals surface area contributed by atoms with E-state index >= 15 is 0 Å².